The molecule has 1 rings (SSSR count). The molecule has 0 unspecified atom stereocenters. The van der Waals surface area contributed by atoms with Gasteiger partial charge in [0.05, 0.1) is 5.02 Å². The van der Waals surface area contributed by atoms with Crippen molar-refractivity contribution in [1.82, 2.24) is 15.1 Å². The van der Waals surface area contributed by atoms with Gasteiger partial charge in [0.1, 0.15) is 6.54 Å². The predicted molar refractivity (Wildman–Crippen MR) is 54.3 cm³/mol. The van der Waals surface area contributed by atoms with Gasteiger partial charge in [-0.1, -0.05) is 11.6 Å². The van der Waals surface area contributed by atoms with Crippen LogP contribution in [0.25, 0.3) is 0 Å². The van der Waals surface area contributed by atoms with Crippen LogP contribution in [0.3, 0.4) is 0 Å². The normalized spacial score (nSPS) is 11.6. The summed E-state index contributed by atoms with van der Waals surface area (Å²) >= 11 is 5.36. The molecule has 0 radical (unpaired) electrons. The lowest BCUT2D eigenvalue weighted by atomic mass is 10.4. The standard InChI is InChI=1S/C8H10ClF3N4O/c9-5-3-16(4-6(17)14-2-1-13)15-7(5)8(10,11)12/h3H,1-2,4,13H2,(H,14,17). The Morgan fingerprint density at radius 2 is 2.24 bits per heavy atom. The van der Waals surface area contributed by atoms with Crippen LogP contribution < -0.4 is 11.1 Å². The quantitative estimate of drug-likeness (QED) is 0.843. The molecule has 9 heteroatoms. The molecular formula is C8H10ClF3N4O. The molecule has 0 atom stereocenters. The smallest absolute Gasteiger partial charge is 0.353 e. The summed E-state index contributed by atoms with van der Waals surface area (Å²) in [7, 11) is 0. The fraction of sp³-hybridized carbons (Fsp3) is 0.500. The molecule has 3 N–H and O–H groups in total. The molecule has 1 amide bonds. The van der Waals surface area contributed by atoms with Gasteiger partial charge in [-0.2, -0.15) is 18.3 Å². The first kappa shape index (κ1) is 13.8. The number of hydrogen-bond donors (Lipinski definition) is 2. The second-order valence-electron chi connectivity index (χ2n) is 3.16. The molecule has 96 valence electrons. The molecule has 0 aliphatic heterocycles. The average Bonchev–Trinajstić information content (AvgIpc) is 2.56. The summed E-state index contributed by atoms with van der Waals surface area (Å²) < 4.78 is 37.8. The number of nitrogens with two attached hydrogens (primary N) is 1. The van der Waals surface area contributed by atoms with Crippen molar-refractivity contribution in [2.75, 3.05) is 13.1 Å². The van der Waals surface area contributed by atoms with Gasteiger partial charge in [-0.3, -0.25) is 9.48 Å². The molecule has 1 heterocycles. The van der Waals surface area contributed by atoms with E-state index >= 15 is 0 Å². The van der Waals surface area contributed by atoms with Gasteiger partial charge >= 0.3 is 6.18 Å². The Hall–Kier alpha value is -1.28. The summed E-state index contributed by atoms with van der Waals surface area (Å²) in [5, 5.41) is 5.06. The van der Waals surface area contributed by atoms with E-state index in [1.807, 2.05) is 0 Å². The van der Waals surface area contributed by atoms with Crippen LogP contribution >= 0.6 is 11.6 Å². The van der Waals surface area contributed by atoms with Crippen LogP contribution in [0.15, 0.2) is 6.20 Å². The molecule has 17 heavy (non-hydrogen) atoms. The first-order chi connectivity index (χ1) is 7.84. The average molecular weight is 271 g/mol. The van der Waals surface area contributed by atoms with E-state index in [0.29, 0.717) is 0 Å². The summed E-state index contributed by atoms with van der Waals surface area (Å²) in [6.07, 6.45) is -3.68. The molecule has 5 nitrogen and oxygen atoms in total. The van der Waals surface area contributed by atoms with Crippen LogP contribution in [0.5, 0.6) is 0 Å². The summed E-state index contributed by atoms with van der Waals surface area (Å²) in [4.78, 5) is 11.2. The van der Waals surface area contributed by atoms with Crippen LogP contribution in [0.4, 0.5) is 13.2 Å². The minimum Gasteiger partial charge on any atom is -0.353 e. The Balaban J connectivity index is 2.71. The topological polar surface area (TPSA) is 72.9 Å². The Morgan fingerprint density at radius 3 is 2.71 bits per heavy atom. The van der Waals surface area contributed by atoms with Gasteiger partial charge in [0.2, 0.25) is 5.91 Å². The minimum atomic E-state index is -4.63. The van der Waals surface area contributed by atoms with Crippen molar-refractivity contribution >= 4 is 17.5 Å². The maximum Gasteiger partial charge on any atom is 0.436 e. The third-order valence-corrected chi connectivity index (χ3v) is 2.03. The Labute approximate surface area is 99.7 Å². The molecule has 0 aliphatic carbocycles. The van der Waals surface area contributed by atoms with Crippen LogP contribution in [0.1, 0.15) is 5.69 Å². The van der Waals surface area contributed by atoms with Gasteiger partial charge < -0.3 is 11.1 Å². The number of carbonyl (C=O) groups is 1. The first-order valence-electron chi connectivity index (χ1n) is 4.61. The third kappa shape index (κ3) is 3.90. The van der Waals surface area contributed by atoms with Crippen LogP contribution in [-0.2, 0) is 17.5 Å². The van der Waals surface area contributed by atoms with Crippen molar-refractivity contribution in [2.45, 2.75) is 12.7 Å². The summed E-state index contributed by atoms with van der Waals surface area (Å²) in [6, 6.07) is 0. The van der Waals surface area contributed by atoms with E-state index in [-0.39, 0.29) is 19.6 Å². The Kier molecular flexibility index (Phi) is 4.35. The van der Waals surface area contributed by atoms with Gasteiger partial charge in [-0.05, 0) is 0 Å². The van der Waals surface area contributed by atoms with Gasteiger partial charge in [-0.15, -0.1) is 0 Å². The lowest BCUT2D eigenvalue weighted by molar-refractivity contribution is -0.141. The number of carbonyl (C=O) groups excluding carboxylic acids is 1. The molecule has 0 fully saturated rings. The number of aromatic nitrogens is 2. The zero-order valence-electron chi connectivity index (χ0n) is 8.59. The molecular weight excluding hydrogens is 261 g/mol. The molecule has 0 aliphatic rings. The van der Waals surface area contributed by atoms with Crippen molar-refractivity contribution in [3.05, 3.63) is 16.9 Å². The zero-order chi connectivity index (χ0) is 13.1. The molecule has 0 saturated carbocycles. The van der Waals surface area contributed by atoms with Crippen LogP contribution in [0, 0.1) is 0 Å². The Bertz CT molecular complexity index is 404. The largest absolute Gasteiger partial charge is 0.436 e. The molecule has 0 aromatic carbocycles. The lowest BCUT2D eigenvalue weighted by Gasteiger charge is -2.04. The maximum absolute atomic E-state index is 12.3. The van der Waals surface area contributed by atoms with E-state index in [9.17, 15) is 18.0 Å². The molecule has 0 bridgehead atoms. The lowest BCUT2D eigenvalue weighted by Crippen LogP contribution is -2.32. The number of nitrogens with one attached hydrogen (secondary N) is 1. The number of rotatable bonds is 4. The van der Waals surface area contributed by atoms with E-state index in [0.717, 1.165) is 10.9 Å². The van der Waals surface area contributed by atoms with E-state index in [1.165, 1.54) is 0 Å². The van der Waals surface area contributed by atoms with E-state index in [2.05, 4.69) is 10.4 Å². The van der Waals surface area contributed by atoms with E-state index in [1.54, 1.807) is 0 Å². The van der Waals surface area contributed by atoms with Crippen molar-refractivity contribution in [3.63, 3.8) is 0 Å². The highest BCUT2D eigenvalue weighted by Crippen LogP contribution is 2.32. The number of hydrogen-bond acceptors (Lipinski definition) is 3. The fourth-order valence-electron chi connectivity index (χ4n) is 1.08. The highest BCUT2D eigenvalue weighted by Gasteiger charge is 2.36. The SMILES string of the molecule is NCCNC(=O)Cn1cc(Cl)c(C(F)(F)F)n1. The molecule has 0 saturated heterocycles. The summed E-state index contributed by atoms with van der Waals surface area (Å²) in [6.45, 7) is 0.162. The first-order valence-corrected chi connectivity index (χ1v) is 4.99. The number of amides is 1. The van der Waals surface area contributed by atoms with Gasteiger partial charge in [0.15, 0.2) is 5.69 Å². The third-order valence-electron chi connectivity index (χ3n) is 1.76. The predicted octanol–water partition coefficient (Wildman–Crippen LogP) is 0.630. The number of nitrogens with zero attached hydrogens (tertiary/aromatic N) is 2. The monoisotopic (exact) mass is 270 g/mol. The minimum absolute atomic E-state index is 0.249. The van der Waals surface area contributed by atoms with Gasteiger partial charge in [0.25, 0.3) is 0 Å². The highest BCUT2D eigenvalue weighted by molar-refractivity contribution is 6.31. The second kappa shape index (κ2) is 5.37. The van der Waals surface area contributed by atoms with Gasteiger partial charge in [0, 0.05) is 19.3 Å². The van der Waals surface area contributed by atoms with E-state index in [4.69, 9.17) is 17.3 Å². The fourth-order valence-corrected chi connectivity index (χ4v) is 1.34. The second-order valence-corrected chi connectivity index (χ2v) is 3.57. The van der Waals surface area contributed by atoms with Crippen molar-refractivity contribution in [3.8, 4) is 0 Å². The van der Waals surface area contributed by atoms with E-state index < -0.39 is 22.8 Å². The van der Waals surface area contributed by atoms with Gasteiger partial charge in [-0.25, -0.2) is 0 Å². The molecule has 0 spiro atoms. The van der Waals surface area contributed by atoms with Crippen LogP contribution in [-0.4, -0.2) is 28.8 Å². The molecule has 1 aromatic heterocycles. The molecule has 1 aromatic rings. The van der Waals surface area contributed by atoms with Crippen molar-refractivity contribution in [2.24, 2.45) is 5.73 Å². The summed E-state index contributed by atoms with van der Waals surface area (Å²) in [5.74, 6) is -0.483. The Morgan fingerprint density at radius 1 is 1.59 bits per heavy atom. The summed E-state index contributed by atoms with van der Waals surface area (Å²) in [5.41, 5.74) is 3.95. The highest BCUT2D eigenvalue weighted by atomic mass is 35.5. The number of alkyl halides is 3. The maximum atomic E-state index is 12.3. The van der Waals surface area contributed by atoms with Crippen molar-refractivity contribution in [1.29, 1.82) is 0 Å². The number of halogens is 4. The van der Waals surface area contributed by atoms with Crippen molar-refractivity contribution < 1.29 is 18.0 Å². The van der Waals surface area contributed by atoms with Crippen LogP contribution in [0.2, 0.25) is 5.02 Å². The zero-order valence-corrected chi connectivity index (χ0v) is 9.35.